The number of pyridine rings is 1. The molecule has 24 heavy (non-hydrogen) atoms. The topological polar surface area (TPSA) is 80.7 Å². The minimum absolute atomic E-state index is 0.113. The Kier molecular flexibility index (Phi) is 6.57. The van der Waals surface area contributed by atoms with Crippen LogP contribution in [0.2, 0.25) is 0 Å². The van der Waals surface area contributed by atoms with Crippen molar-refractivity contribution in [2.24, 2.45) is 0 Å². The molecule has 0 bridgehead atoms. The molecule has 0 spiro atoms. The van der Waals surface area contributed by atoms with E-state index in [0.717, 1.165) is 5.56 Å². The SMILES string of the molecule is COc1ccc(C(O)CCC(=O)NCc2ccncc2)c(OC)c1. The van der Waals surface area contributed by atoms with Crippen molar-refractivity contribution < 1.29 is 19.4 Å². The van der Waals surface area contributed by atoms with Crippen LogP contribution in [0.5, 0.6) is 11.5 Å². The van der Waals surface area contributed by atoms with Gasteiger partial charge in [-0.1, -0.05) is 0 Å². The summed E-state index contributed by atoms with van der Waals surface area (Å²) in [6.07, 6.45) is 3.12. The van der Waals surface area contributed by atoms with Crippen LogP contribution in [0.25, 0.3) is 0 Å². The molecule has 6 heteroatoms. The van der Waals surface area contributed by atoms with E-state index < -0.39 is 6.10 Å². The highest BCUT2D eigenvalue weighted by molar-refractivity contribution is 5.75. The summed E-state index contributed by atoms with van der Waals surface area (Å²) in [7, 11) is 3.10. The van der Waals surface area contributed by atoms with Crippen molar-refractivity contribution >= 4 is 5.91 Å². The standard InChI is InChI=1S/C18H22N2O4/c1-23-14-3-4-15(17(11-14)24-2)16(21)5-6-18(22)20-12-13-7-9-19-10-8-13/h3-4,7-11,16,21H,5-6,12H2,1-2H3,(H,20,22). The zero-order valence-electron chi connectivity index (χ0n) is 13.9. The summed E-state index contributed by atoms with van der Waals surface area (Å²) in [5.74, 6) is 1.08. The van der Waals surface area contributed by atoms with Gasteiger partial charge in [-0.15, -0.1) is 0 Å². The molecule has 0 saturated carbocycles. The molecule has 2 rings (SSSR count). The number of rotatable bonds is 8. The molecule has 1 aromatic carbocycles. The Balaban J connectivity index is 1.86. The maximum atomic E-state index is 11.9. The number of aliphatic hydroxyl groups is 1. The monoisotopic (exact) mass is 330 g/mol. The number of amides is 1. The number of aromatic nitrogens is 1. The number of carbonyl (C=O) groups excluding carboxylic acids is 1. The molecule has 128 valence electrons. The molecule has 1 atom stereocenters. The number of hydrogen-bond donors (Lipinski definition) is 2. The lowest BCUT2D eigenvalue weighted by Crippen LogP contribution is -2.23. The van der Waals surface area contributed by atoms with Crippen molar-refractivity contribution in [2.75, 3.05) is 14.2 Å². The Labute approximate surface area is 141 Å². The van der Waals surface area contributed by atoms with Gasteiger partial charge in [0.25, 0.3) is 0 Å². The molecular weight excluding hydrogens is 308 g/mol. The van der Waals surface area contributed by atoms with E-state index in [0.29, 0.717) is 30.0 Å². The number of nitrogens with zero attached hydrogens (tertiary/aromatic N) is 1. The highest BCUT2D eigenvalue weighted by Crippen LogP contribution is 2.31. The first-order valence-corrected chi connectivity index (χ1v) is 7.69. The number of methoxy groups -OCH3 is 2. The molecule has 0 aliphatic carbocycles. The third-order valence-corrected chi connectivity index (χ3v) is 3.68. The normalized spacial score (nSPS) is 11.6. The first-order valence-electron chi connectivity index (χ1n) is 7.69. The Morgan fingerprint density at radius 3 is 2.62 bits per heavy atom. The second kappa shape index (κ2) is 8.88. The van der Waals surface area contributed by atoms with Gasteiger partial charge in [-0.2, -0.15) is 0 Å². The average molecular weight is 330 g/mol. The van der Waals surface area contributed by atoms with Crippen molar-refractivity contribution in [3.8, 4) is 11.5 Å². The fourth-order valence-corrected chi connectivity index (χ4v) is 2.31. The number of carbonyl (C=O) groups is 1. The van der Waals surface area contributed by atoms with E-state index in [2.05, 4.69) is 10.3 Å². The Hall–Kier alpha value is -2.60. The van der Waals surface area contributed by atoms with Gasteiger partial charge < -0.3 is 19.9 Å². The zero-order chi connectivity index (χ0) is 17.4. The minimum Gasteiger partial charge on any atom is -0.497 e. The smallest absolute Gasteiger partial charge is 0.220 e. The van der Waals surface area contributed by atoms with Crippen molar-refractivity contribution in [1.82, 2.24) is 10.3 Å². The van der Waals surface area contributed by atoms with Gasteiger partial charge in [0.05, 0.1) is 20.3 Å². The molecule has 0 saturated heterocycles. The van der Waals surface area contributed by atoms with Crippen molar-refractivity contribution in [3.63, 3.8) is 0 Å². The van der Waals surface area contributed by atoms with Crippen LogP contribution in [0.15, 0.2) is 42.7 Å². The minimum atomic E-state index is -0.780. The van der Waals surface area contributed by atoms with E-state index in [4.69, 9.17) is 9.47 Å². The van der Waals surface area contributed by atoms with Crippen LogP contribution in [0.3, 0.4) is 0 Å². The van der Waals surface area contributed by atoms with Gasteiger partial charge in [-0.3, -0.25) is 9.78 Å². The van der Waals surface area contributed by atoms with Gasteiger partial charge >= 0.3 is 0 Å². The Morgan fingerprint density at radius 1 is 1.21 bits per heavy atom. The van der Waals surface area contributed by atoms with Crippen LogP contribution in [0, 0.1) is 0 Å². The molecule has 1 aromatic heterocycles. The predicted octanol–water partition coefficient (Wildman–Crippen LogP) is 2.23. The van der Waals surface area contributed by atoms with E-state index in [1.54, 1.807) is 37.7 Å². The van der Waals surface area contributed by atoms with Crippen LogP contribution in [0.4, 0.5) is 0 Å². The number of benzene rings is 1. The number of ether oxygens (including phenoxy) is 2. The van der Waals surface area contributed by atoms with Gasteiger partial charge in [-0.25, -0.2) is 0 Å². The molecular formula is C18H22N2O4. The highest BCUT2D eigenvalue weighted by atomic mass is 16.5. The third kappa shape index (κ3) is 4.96. The predicted molar refractivity (Wildman–Crippen MR) is 89.8 cm³/mol. The van der Waals surface area contributed by atoms with E-state index in [-0.39, 0.29) is 12.3 Å². The fourth-order valence-electron chi connectivity index (χ4n) is 2.31. The van der Waals surface area contributed by atoms with E-state index in [1.807, 2.05) is 12.1 Å². The molecule has 6 nitrogen and oxygen atoms in total. The van der Waals surface area contributed by atoms with Gasteiger partial charge in [0.15, 0.2) is 0 Å². The average Bonchev–Trinajstić information content (AvgIpc) is 2.64. The lowest BCUT2D eigenvalue weighted by atomic mass is 10.0. The number of nitrogens with one attached hydrogen (secondary N) is 1. The summed E-state index contributed by atoms with van der Waals surface area (Å²) < 4.78 is 10.4. The summed E-state index contributed by atoms with van der Waals surface area (Å²) in [6.45, 7) is 0.448. The third-order valence-electron chi connectivity index (χ3n) is 3.68. The lowest BCUT2D eigenvalue weighted by Gasteiger charge is -2.15. The molecule has 0 aliphatic heterocycles. The summed E-state index contributed by atoms with van der Waals surface area (Å²) in [5.41, 5.74) is 1.62. The van der Waals surface area contributed by atoms with E-state index in [9.17, 15) is 9.90 Å². The largest absolute Gasteiger partial charge is 0.497 e. The summed E-state index contributed by atoms with van der Waals surface area (Å²) >= 11 is 0. The lowest BCUT2D eigenvalue weighted by molar-refractivity contribution is -0.121. The van der Waals surface area contributed by atoms with Crippen molar-refractivity contribution in [2.45, 2.75) is 25.5 Å². The zero-order valence-corrected chi connectivity index (χ0v) is 13.9. The summed E-state index contributed by atoms with van der Waals surface area (Å²) in [6, 6.07) is 8.90. The summed E-state index contributed by atoms with van der Waals surface area (Å²) in [5, 5.41) is 13.1. The molecule has 1 heterocycles. The van der Waals surface area contributed by atoms with Crippen LogP contribution in [-0.2, 0) is 11.3 Å². The van der Waals surface area contributed by atoms with Crippen molar-refractivity contribution in [1.29, 1.82) is 0 Å². The van der Waals surface area contributed by atoms with Crippen LogP contribution in [-0.4, -0.2) is 30.2 Å². The molecule has 2 aromatic rings. The van der Waals surface area contributed by atoms with Gasteiger partial charge in [-0.05, 0) is 36.2 Å². The molecule has 1 amide bonds. The first kappa shape index (κ1) is 17.7. The maximum absolute atomic E-state index is 11.9. The maximum Gasteiger partial charge on any atom is 0.220 e. The molecule has 1 unspecified atom stereocenters. The number of aliphatic hydroxyl groups excluding tert-OH is 1. The fraction of sp³-hybridized carbons (Fsp3) is 0.333. The molecule has 0 aliphatic rings. The van der Waals surface area contributed by atoms with E-state index in [1.165, 1.54) is 7.11 Å². The van der Waals surface area contributed by atoms with Crippen LogP contribution >= 0.6 is 0 Å². The van der Waals surface area contributed by atoms with Crippen LogP contribution < -0.4 is 14.8 Å². The Morgan fingerprint density at radius 2 is 1.96 bits per heavy atom. The van der Waals surface area contributed by atoms with Gasteiger partial charge in [0.1, 0.15) is 11.5 Å². The molecule has 2 N–H and O–H groups in total. The second-order valence-electron chi connectivity index (χ2n) is 5.29. The second-order valence-corrected chi connectivity index (χ2v) is 5.29. The number of hydrogen-bond acceptors (Lipinski definition) is 5. The van der Waals surface area contributed by atoms with Gasteiger partial charge in [0.2, 0.25) is 5.91 Å². The van der Waals surface area contributed by atoms with Crippen molar-refractivity contribution in [3.05, 3.63) is 53.9 Å². The highest BCUT2D eigenvalue weighted by Gasteiger charge is 2.15. The molecule has 0 fully saturated rings. The first-order chi connectivity index (χ1) is 11.6. The summed E-state index contributed by atoms with van der Waals surface area (Å²) in [4.78, 5) is 15.8. The van der Waals surface area contributed by atoms with Gasteiger partial charge in [0, 0.05) is 37.0 Å². The Bertz CT molecular complexity index is 661. The van der Waals surface area contributed by atoms with Crippen LogP contribution in [0.1, 0.15) is 30.1 Å². The van der Waals surface area contributed by atoms with E-state index >= 15 is 0 Å². The quantitative estimate of drug-likeness (QED) is 0.776. The molecule has 0 radical (unpaired) electrons.